The Kier molecular flexibility index (Phi) is 7.37. The van der Waals surface area contributed by atoms with Crippen molar-refractivity contribution in [2.75, 3.05) is 13.2 Å². The van der Waals surface area contributed by atoms with E-state index in [-0.39, 0.29) is 43.2 Å². The van der Waals surface area contributed by atoms with Gasteiger partial charge in [0.25, 0.3) is 6.01 Å². The average molecular weight is 557 g/mol. The van der Waals surface area contributed by atoms with E-state index in [1.807, 2.05) is 26.0 Å². The van der Waals surface area contributed by atoms with Gasteiger partial charge in [0.2, 0.25) is 0 Å². The van der Waals surface area contributed by atoms with E-state index in [0.717, 1.165) is 31.2 Å². The lowest BCUT2D eigenvalue weighted by molar-refractivity contribution is 0.00706. The molecule has 10 nitrogen and oxygen atoms in total. The quantitative estimate of drug-likeness (QED) is 0.409. The number of nitrogens with zero attached hydrogens (tertiary/aromatic N) is 2. The van der Waals surface area contributed by atoms with Crippen LogP contribution in [0.5, 0.6) is 6.01 Å². The van der Waals surface area contributed by atoms with Gasteiger partial charge < -0.3 is 29.4 Å². The van der Waals surface area contributed by atoms with E-state index in [4.69, 9.17) is 35.5 Å². The van der Waals surface area contributed by atoms with Crippen LogP contribution in [0.3, 0.4) is 0 Å². The van der Waals surface area contributed by atoms with Gasteiger partial charge in [-0.05, 0) is 57.1 Å². The second-order valence-electron chi connectivity index (χ2n) is 10.8. The van der Waals surface area contributed by atoms with Crippen LogP contribution in [-0.4, -0.2) is 75.9 Å². The number of carbonyl (C=O) groups excluding carboxylic acids is 1. The summed E-state index contributed by atoms with van der Waals surface area (Å²) in [7, 11) is 0. The molecular weight excluding hydrogens is 524 g/mol. The zero-order chi connectivity index (χ0) is 27.1. The van der Waals surface area contributed by atoms with Crippen LogP contribution in [-0.2, 0) is 14.2 Å². The summed E-state index contributed by atoms with van der Waals surface area (Å²) in [5, 5.41) is 13.4. The first-order valence-electron chi connectivity index (χ1n) is 13.6. The van der Waals surface area contributed by atoms with Crippen molar-refractivity contribution >= 4 is 28.9 Å². The first-order chi connectivity index (χ1) is 18.8. The van der Waals surface area contributed by atoms with Crippen LogP contribution in [0.4, 0.5) is 4.79 Å². The van der Waals surface area contributed by atoms with Crippen molar-refractivity contribution in [2.24, 2.45) is 0 Å². The average Bonchev–Trinajstić information content (AvgIpc) is 3.60. The van der Waals surface area contributed by atoms with E-state index in [0.29, 0.717) is 40.4 Å². The Bertz CT molecular complexity index is 1320. The molecule has 4 heterocycles. The number of amides is 1. The fourth-order valence-corrected chi connectivity index (χ4v) is 6.00. The third-order valence-corrected chi connectivity index (χ3v) is 7.98. The third-order valence-electron chi connectivity index (χ3n) is 7.70. The molecule has 0 unspecified atom stereocenters. The number of imidazole rings is 1. The van der Waals surface area contributed by atoms with Crippen molar-refractivity contribution in [3.63, 3.8) is 0 Å². The number of aromatic nitrogens is 3. The minimum Gasteiger partial charge on any atom is -0.456 e. The molecule has 1 saturated carbocycles. The Morgan fingerprint density at radius 1 is 1.10 bits per heavy atom. The standard InChI is InChI=1S/C28H33ClN4O6/c1-14(2)38-28(35)30-18-9-7-16(8-10-18)15-3-5-17(6-4-15)23-19(29)11-20-26(32-23)33-27(31-20)39-22-13-37-24-21(34)12-36-25(22)24/h3-6,11,14,16,18,21-22,24-25,34H,7-10,12-13H2,1-2H3,(H,30,35)(H,31,32,33)/t16-,18-,21-,22-,24-,25-/m1/s1. The predicted molar refractivity (Wildman–Crippen MR) is 144 cm³/mol. The largest absolute Gasteiger partial charge is 0.456 e. The molecule has 0 spiro atoms. The van der Waals surface area contributed by atoms with Crippen LogP contribution >= 0.6 is 11.6 Å². The molecule has 2 saturated heterocycles. The maximum absolute atomic E-state index is 11.9. The zero-order valence-electron chi connectivity index (χ0n) is 21.9. The first-order valence-corrected chi connectivity index (χ1v) is 13.9. The first kappa shape index (κ1) is 26.3. The minimum atomic E-state index is -0.638. The van der Waals surface area contributed by atoms with Gasteiger partial charge in [-0.3, -0.25) is 4.98 Å². The highest BCUT2D eigenvalue weighted by Gasteiger charge is 2.48. The topological polar surface area (TPSA) is 128 Å². The van der Waals surface area contributed by atoms with E-state index < -0.39 is 6.10 Å². The predicted octanol–water partition coefficient (Wildman–Crippen LogP) is 4.35. The molecule has 11 heteroatoms. The van der Waals surface area contributed by atoms with Crippen molar-refractivity contribution < 1.29 is 28.8 Å². The molecule has 4 atom stereocenters. The number of ether oxygens (including phenoxy) is 4. The van der Waals surface area contributed by atoms with E-state index in [2.05, 4.69) is 27.4 Å². The van der Waals surface area contributed by atoms with Gasteiger partial charge in [0, 0.05) is 11.6 Å². The lowest BCUT2D eigenvalue weighted by atomic mass is 9.81. The highest BCUT2D eigenvalue weighted by atomic mass is 35.5. The van der Waals surface area contributed by atoms with Gasteiger partial charge in [0.15, 0.2) is 11.8 Å². The molecule has 1 aromatic carbocycles. The summed E-state index contributed by atoms with van der Waals surface area (Å²) in [6.45, 7) is 4.25. The lowest BCUT2D eigenvalue weighted by Gasteiger charge is -2.29. The number of pyridine rings is 1. The van der Waals surface area contributed by atoms with Crippen LogP contribution in [0, 0.1) is 0 Å². The number of carbonyl (C=O) groups is 1. The number of benzene rings is 1. The number of rotatable bonds is 6. The van der Waals surface area contributed by atoms with Gasteiger partial charge in [-0.15, -0.1) is 0 Å². The number of aliphatic hydroxyl groups is 1. The Labute approximate surface area is 231 Å². The smallest absolute Gasteiger partial charge is 0.407 e. The van der Waals surface area contributed by atoms with Crippen LogP contribution in [0.25, 0.3) is 22.4 Å². The van der Waals surface area contributed by atoms with Crippen molar-refractivity contribution in [1.82, 2.24) is 20.3 Å². The SMILES string of the molecule is CC(C)OC(=O)N[C@H]1CC[C@H](c2ccc(-c3nc4[nH]c(O[C@@H]5CO[C@H]6[C@@H]5OC[C@H]6O)nc4cc3Cl)cc2)CC1. The van der Waals surface area contributed by atoms with Gasteiger partial charge >= 0.3 is 6.09 Å². The van der Waals surface area contributed by atoms with Crippen LogP contribution < -0.4 is 10.1 Å². The number of fused-ring (bicyclic) bond motifs is 2. The Hall–Kier alpha value is -2.92. The molecule has 3 aliphatic rings. The maximum Gasteiger partial charge on any atom is 0.407 e. The molecule has 1 amide bonds. The molecule has 208 valence electrons. The molecule has 39 heavy (non-hydrogen) atoms. The number of hydrogen-bond donors (Lipinski definition) is 3. The molecule has 0 radical (unpaired) electrons. The number of hydrogen-bond acceptors (Lipinski definition) is 8. The Morgan fingerprint density at radius 3 is 2.59 bits per heavy atom. The highest BCUT2D eigenvalue weighted by Crippen LogP contribution is 2.36. The van der Waals surface area contributed by atoms with Crippen LogP contribution in [0.1, 0.15) is 51.0 Å². The number of alkyl carbamates (subject to hydrolysis) is 1. The number of H-pyrrole nitrogens is 1. The van der Waals surface area contributed by atoms with Gasteiger partial charge in [-0.1, -0.05) is 35.9 Å². The van der Waals surface area contributed by atoms with Gasteiger partial charge in [-0.2, -0.15) is 4.98 Å². The number of nitrogens with one attached hydrogen (secondary N) is 2. The summed E-state index contributed by atoms with van der Waals surface area (Å²) >= 11 is 6.61. The van der Waals surface area contributed by atoms with E-state index in [1.165, 1.54) is 5.56 Å². The van der Waals surface area contributed by atoms with Gasteiger partial charge in [0.1, 0.15) is 23.8 Å². The number of halogens is 1. The second kappa shape index (κ2) is 10.9. The molecule has 0 bridgehead atoms. The molecule has 3 aromatic rings. The molecule has 3 fully saturated rings. The molecule has 1 aliphatic carbocycles. The summed E-state index contributed by atoms with van der Waals surface area (Å²) < 4.78 is 22.5. The lowest BCUT2D eigenvalue weighted by Crippen LogP contribution is -2.38. The van der Waals surface area contributed by atoms with Gasteiger partial charge in [-0.25, -0.2) is 9.78 Å². The molecule has 2 aromatic heterocycles. The number of aromatic amines is 1. The van der Waals surface area contributed by atoms with Gasteiger partial charge in [0.05, 0.1) is 30.0 Å². The molecule has 2 aliphatic heterocycles. The Balaban J connectivity index is 1.10. The van der Waals surface area contributed by atoms with E-state index in [9.17, 15) is 9.90 Å². The maximum atomic E-state index is 11.9. The summed E-state index contributed by atoms with van der Waals surface area (Å²) in [5.41, 5.74) is 4.01. The third kappa shape index (κ3) is 5.56. The molecule has 3 N–H and O–H groups in total. The summed E-state index contributed by atoms with van der Waals surface area (Å²) in [4.78, 5) is 24.2. The fraction of sp³-hybridized carbons (Fsp3) is 0.536. The van der Waals surface area contributed by atoms with E-state index >= 15 is 0 Å². The summed E-state index contributed by atoms with van der Waals surface area (Å²) in [6.07, 6.45) is 1.70. The second-order valence-corrected chi connectivity index (χ2v) is 11.2. The monoisotopic (exact) mass is 556 g/mol. The summed E-state index contributed by atoms with van der Waals surface area (Å²) in [6, 6.07) is 10.6. The summed E-state index contributed by atoms with van der Waals surface area (Å²) in [5.74, 6) is 0.445. The minimum absolute atomic E-state index is 0.120. The fourth-order valence-electron chi connectivity index (χ4n) is 5.74. The number of aliphatic hydroxyl groups excluding tert-OH is 1. The van der Waals surface area contributed by atoms with Crippen molar-refractivity contribution in [3.05, 3.63) is 40.9 Å². The van der Waals surface area contributed by atoms with Crippen LogP contribution in [0.15, 0.2) is 30.3 Å². The Morgan fingerprint density at radius 2 is 1.85 bits per heavy atom. The molecule has 6 rings (SSSR count). The van der Waals surface area contributed by atoms with Crippen molar-refractivity contribution in [1.29, 1.82) is 0 Å². The van der Waals surface area contributed by atoms with E-state index in [1.54, 1.807) is 6.07 Å². The zero-order valence-corrected chi connectivity index (χ0v) is 22.7. The normalized spacial score (nSPS) is 28.5. The van der Waals surface area contributed by atoms with Crippen LogP contribution in [0.2, 0.25) is 5.02 Å². The van der Waals surface area contributed by atoms with Crippen molar-refractivity contribution in [3.8, 4) is 17.3 Å². The highest BCUT2D eigenvalue weighted by molar-refractivity contribution is 6.33. The molecular formula is C28H33ClN4O6. The van der Waals surface area contributed by atoms with Crippen molar-refractivity contribution in [2.45, 2.75) is 82.0 Å².